The summed E-state index contributed by atoms with van der Waals surface area (Å²) >= 11 is 6.53. The predicted molar refractivity (Wildman–Crippen MR) is 129 cm³/mol. The number of nitrogens with one attached hydrogen (secondary N) is 1. The van der Waals surface area contributed by atoms with Crippen molar-refractivity contribution < 1.29 is 9.53 Å². The van der Waals surface area contributed by atoms with E-state index in [1.54, 1.807) is 7.11 Å². The fourth-order valence-electron chi connectivity index (χ4n) is 4.52. The molecule has 6 nitrogen and oxygen atoms in total. The van der Waals surface area contributed by atoms with Crippen molar-refractivity contribution >= 4 is 28.9 Å². The summed E-state index contributed by atoms with van der Waals surface area (Å²) in [5.41, 5.74) is 5.48. The molecular formula is C25H31ClN4O2. The van der Waals surface area contributed by atoms with E-state index < -0.39 is 0 Å². The van der Waals surface area contributed by atoms with Gasteiger partial charge in [-0.1, -0.05) is 62.1 Å². The van der Waals surface area contributed by atoms with Crippen LogP contribution in [0.2, 0.25) is 5.02 Å². The number of para-hydroxylation sites is 1. The van der Waals surface area contributed by atoms with Crippen LogP contribution in [0.25, 0.3) is 0 Å². The van der Waals surface area contributed by atoms with Crippen molar-refractivity contribution in [1.29, 1.82) is 0 Å². The highest BCUT2D eigenvalue weighted by Gasteiger charge is 2.40. The predicted octanol–water partition coefficient (Wildman–Crippen LogP) is 5.20. The summed E-state index contributed by atoms with van der Waals surface area (Å²) in [6.07, 6.45) is 5.90. The Morgan fingerprint density at radius 3 is 2.34 bits per heavy atom. The minimum atomic E-state index is -0.145. The minimum absolute atomic E-state index is 0.116. The van der Waals surface area contributed by atoms with Gasteiger partial charge in [0, 0.05) is 19.0 Å². The summed E-state index contributed by atoms with van der Waals surface area (Å²) in [6, 6.07) is 15.4. The number of amides is 1. The molecule has 1 saturated heterocycles. The third kappa shape index (κ3) is 4.92. The van der Waals surface area contributed by atoms with Gasteiger partial charge >= 0.3 is 0 Å². The maximum atomic E-state index is 13.3. The summed E-state index contributed by atoms with van der Waals surface area (Å²) in [5.74, 6) is 0.542. The second-order valence-corrected chi connectivity index (χ2v) is 8.89. The van der Waals surface area contributed by atoms with Crippen molar-refractivity contribution in [2.24, 2.45) is 11.0 Å². The van der Waals surface area contributed by atoms with Crippen LogP contribution in [0.4, 0.5) is 5.69 Å². The van der Waals surface area contributed by atoms with Crippen molar-refractivity contribution in [3.8, 4) is 5.75 Å². The van der Waals surface area contributed by atoms with E-state index >= 15 is 0 Å². The zero-order valence-corrected chi connectivity index (χ0v) is 19.5. The number of carbonyl (C=O) groups is 1. The summed E-state index contributed by atoms with van der Waals surface area (Å²) in [7, 11) is 1.65. The van der Waals surface area contributed by atoms with Crippen molar-refractivity contribution in [2.75, 3.05) is 25.2 Å². The molecule has 170 valence electrons. The van der Waals surface area contributed by atoms with Crippen LogP contribution in [0.5, 0.6) is 5.75 Å². The molecule has 2 aromatic rings. The molecule has 7 heteroatoms. The Kier molecular flexibility index (Phi) is 7.33. The number of ether oxygens (including phenoxy) is 1. The normalized spacial score (nSPS) is 22.1. The van der Waals surface area contributed by atoms with E-state index in [2.05, 4.69) is 17.4 Å². The summed E-state index contributed by atoms with van der Waals surface area (Å²) < 4.78 is 5.32. The average molecular weight is 455 g/mol. The molecule has 0 radical (unpaired) electrons. The first kappa shape index (κ1) is 22.6. The van der Waals surface area contributed by atoms with Crippen molar-refractivity contribution in [1.82, 2.24) is 10.4 Å². The van der Waals surface area contributed by atoms with E-state index in [0.29, 0.717) is 10.7 Å². The first-order valence-electron chi connectivity index (χ1n) is 11.4. The Hall–Kier alpha value is -2.57. The molecule has 0 bridgehead atoms. The monoisotopic (exact) mass is 454 g/mol. The van der Waals surface area contributed by atoms with Crippen LogP contribution in [0, 0.1) is 5.92 Å². The van der Waals surface area contributed by atoms with E-state index in [4.69, 9.17) is 21.4 Å². The number of hydrogen-bond acceptors (Lipinski definition) is 5. The number of benzene rings is 2. The highest BCUT2D eigenvalue weighted by atomic mass is 35.5. The number of halogens is 1. The van der Waals surface area contributed by atoms with E-state index in [1.807, 2.05) is 53.5 Å². The number of hydrazone groups is 1. The van der Waals surface area contributed by atoms with Gasteiger partial charge in [-0.2, -0.15) is 5.10 Å². The van der Waals surface area contributed by atoms with Gasteiger partial charge in [0.25, 0.3) is 5.91 Å². The number of methoxy groups -OCH3 is 1. The summed E-state index contributed by atoms with van der Waals surface area (Å²) in [6.45, 7) is 3.81. The summed E-state index contributed by atoms with van der Waals surface area (Å²) in [5, 5.41) is 9.35. The second kappa shape index (κ2) is 10.4. The van der Waals surface area contributed by atoms with Crippen LogP contribution < -0.4 is 15.2 Å². The molecule has 2 aliphatic rings. The Balaban J connectivity index is 1.62. The quantitative estimate of drug-likeness (QED) is 0.674. The molecule has 4 rings (SSSR count). The van der Waals surface area contributed by atoms with Crippen molar-refractivity contribution in [3.05, 3.63) is 59.1 Å². The second-order valence-electron chi connectivity index (χ2n) is 8.48. The topological polar surface area (TPSA) is 57.2 Å². The Bertz CT molecular complexity index is 955. The van der Waals surface area contributed by atoms with E-state index in [9.17, 15) is 4.79 Å². The number of anilines is 1. The van der Waals surface area contributed by atoms with Crippen LogP contribution in [0.1, 0.15) is 50.6 Å². The molecule has 0 spiro atoms. The largest absolute Gasteiger partial charge is 0.497 e. The van der Waals surface area contributed by atoms with E-state index in [-0.39, 0.29) is 17.9 Å². The van der Waals surface area contributed by atoms with Gasteiger partial charge in [0.2, 0.25) is 0 Å². The maximum Gasteiger partial charge on any atom is 0.282 e. The van der Waals surface area contributed by atoms with Gasteiger partial charge in [-0.3, -0.25) is 15.2 Å². The molecule has 2 aromatic carbocycles. The highest BCUT2D eigenvalue weighted by molar-refractivity contribution is 6.40. The molecule has 0 aliphatic carbocycles. The number of carbonyl (C=O) groups excluding carboxylic acids is 1. The molecule has 2 atom stereocenters. The van der Waals surface area contributed by atoms with Gasteiger partial charge in [0.15, 0.2) is 0 Å². The molecule has 2 heterocycles. The lowest BCUT2D eigenvalue weighted by Gasteiger charge is -2.28. The maximum absolute atomic E-state index is 13.3. The van der Waals surface area contributed by atoms with E-state index in [1.165, 1.54) is 19.3 Å². The van der Waals surface area contributed by atoms with Crippen molar-refractivity contribution in [2.45, 2.75) is 45.1 Å². The highest BCUT2D eigenvalue weighted by Crippen LogP contribution is 2.41. The molecule has 0 aromatic heterocycles. The van der Waals surface area contributed by atoms with Crippen LogP contribution >= 0.6 is 11.6 Å². The third-order valence-corrected chi connectivity index (χ3v) is 6.61. The van der Waals surface area contributed by atoms with Crippen molar-refractivity contribution in [3.63, 3.8) is 0 Å². The first-order valence-corrected chi connectivity index (χ1v) is 11.8. The fourth-order valence-corrected chi connectivity index (χ4v) is 4.74. The third-order valence-electron chi connectivity index (χ3n) is 6.29. The number of rotatable bonds is 5. The summed E-state index contributed by atoms with van der Waals surface area (Å²) in [4.78, 5) is 13.3. The zero-order chi connectivity index (χ0) is 22.5. The van der Waals surface area contributed by atoms with Gasteiger partial charge in [0.05, 0.1) is 23.9 Å². The molecule has 1 fully saturated rings. The van der Waals surface area contributed by atoms with Crippen LogP contribution in [0.15, 0.2) is 53.6 Å². The molecule has 0 saturated carbocycles. The molecule has 32 heavy (non-hydrogen) atoms. The number of hydrogen-bond donors (Lipinski definition) is 1. The molecular weight excluding hydrogens is 424 g/mol. The van der Waals surface area contributed by atoms with Crippen LogP contribution in [-0.2, 0) is 4.79 Å². The van der Waals surface area contributed by atoms with Gasteiger partial charge in [-0.05, 0) is 42.7 Å². The Morgan fingerprint density at radius 1 is 1.03 bits per heavy atom. The standard InChI is InChI=1S/C25H31ClN4O2/c1-18-23(25(31)28-29-16-8-4-3-5-9-17-29)27-30(22-11-7-6-10-21(22)26)24(18)19-12-14-20(32-2)15-13-19/h6-7,10-15,18,24H,3-5,8-9,16-17H2,1-2H3,(H,28,31)/t18-,24+/m0/s1. The Labute approximate surface area is 195 Å². The molecule has 2 aliphatic heterocycles. The lowest BCUT2D eigenvalue weighted by Crippen LogP contribution is -2.47. The molecule has 1 amide bonds. The SMILES string of the molecule is COc1ccc([C@H]2[C@@H](C)C(C(=O)NN3CCCCCCC3)=NN2c2ccccc2Cl)cc1. The zero-order valence-electron chi connectivity index (χ0n) is 18.8. The Morgan fingerprint density at radius 2 is 1.69 bits per heavy atom. The average Bonchev–Trinajstić information content (AvgIpc) is 3.13. The minimum Gasteiger partial charge on any atom is -0.497 e. The first-order chi connectivity index (χ1) is 15.6. The van der Waals surface area contributed by atoms with Gasteiger partial charge in [0.1, 0.15) is 11.5 Å². The lowest BCUT2D eigenvalue weighted by molar-refractivity contribution is -0.119. The van der Waals surface area contributed by atoms with Gasteiger partial charge in [-0.15, -0.1) is 0 Å². The molecule has 0 unspecified atom stereocenters. The van der Waals surface area contributed by atoms with Crippen LogP contribution in [0.3, 0.4) is 0 Å². The van der Waals surface area contributed by atoms with Crippen LogP contribution in [-0.4, -0.2) is 36.8 Å². The van der Waals surface area contributed by atoms with E-state index in [0.717, 1.165) is 42.9 Å². The fraction of sp³-hybridized carbons (Fsp3) is 0.440. The lowest BCUT2D eigenvalue weighted by atomic mass is 9.91. The van der Waals surface area contributed by atoms with Gasteiger partial charge in [-0.25, -0.2) is 5.01 Å². The number of hydrazine groups is 1. The van der Waals surface area contributed by atoms with Gasteiger partial charge < -0.3 is 4.74 Å². The smallest absolute Gasteiger partial charge is 0.282 e. The number of nitrogens with zero attached hydrogens (tertiary/aromatic N) is 3. The molecule has 1 N–H and O–H groups in total.